The van der Waals surface area contributed by atoms with E-state index in [1.807, 2.05) is 0 Å². The van der Waals surface area contributed by atoms with E-state index in [-0.39, 0.29) is 23.1 Å². The zero-order chi connectivity index (χ0) is 17.6. The van der Waals surface area contributed by atoms with Crippen molar-refractivity contribution in [1.29, 1.82) is 0 Å². The standard InChI is InChI=1S/C16H16F3N3O3/c17-16(18,19)25-10-1-2-11-12(7-10)20-21-14(11)15(23)24-13-8-22-5-3-9(13)4-6-22/h1-2,7,9,13H,3-6,8H2,(H,20,21)/t13-/m0/s1. The number of alkyl halides is 3. The predicted octanol–water partition coefficient (Wildman–Crippen LogP) is 2.71. The summed E-state index contributed by atoms with van der Waals surface area (Å²) in [5, 5.41) is 6.87. The highest BCUT2D eigenvalue weighted by Crippen LogP contribution is 2.31. The Morgan fingerprint density at radius 3 is 2.68 bits per heavy atom. The number of carbonyl (C=O) groups excluding carboxylic acids is 1. The SMILES string of the molecule is O=C(O[C@H]1CN2CCC1CC2)c1n[nH]c2cc(OC(F)(F)F)ccc12. The van der Waals surface area contributed by atoms with Crippen molar-refractivity contribution in [3.63, 3.8) is 0 Å². The van der Waals surface area contributed by atoms with Crippen molar-refractivity contribution in [3.8, 4) is 5.75 Å². The van der Waals surface area contributed by atoms with Crippen LogP contribution in [-0.4, -0.2) is 53.2 Å². The van der Waals surface area contributed by atoms with Crippen LogP contribution in [0.5, 0.6) is 5.75 Å². The van der Waals surface area contributed by atoms with E-state index in [2.05, 4.69) is 19.8 Å². The number of H-pyrrole nitrogens is 1. The fourth-order valence-corrected chi connectivity index (χ4v) is 3.59. The van der Waals surface area contributed by atoms with Gasteiger partial charge in [-0.3, -0.25) is 10.00 Å². The highest BCUT2D eigenvalue weighted by atomic mass is 19.4. The van der Waals surface area contributed by atoms with E-state index >= 15 is 0 Å². The van der Waals surface area contributed by atoms with Gasteiger partial charge in [0.05, 0.1) is 5.52 Å². The maximum Gasteiger partial charge on any atom is 0.573 e. The first-order chi connectivity index (χ1) is 11.9. The van der Waals surface area contributed by atoms with Crippen molar-refractivity contribution in [1.82, 2.24) is 15.1 Å². The maximum absolute atomic E-state index is 12.4. The first kappa shape index (κ1) is 16.2. The number of aromatic nitrogens is 2. The fourth-order valence-electron chi connectivity index (χ4n) is 3.59. The number of hydrogen-bond donors (Lipinski definition) is 1. The van der Waals surface area contributed by atoms with Gasteiger partial charge in [0, 0.05) is 18.0 Å². The van der Waals surface area contributed by atoms with Gasteiger partial charge < -0.3 is 9.47 Å². The Hall–Kier alpha value is -2.29. The lowest BCUT2D eigenvalue weighted by molar-refractivity contribution is -0.274. The van der Waals surface area contributed by atoms with Gasteiger partial charge in [-0.15, -0.1) is 13.2 Å². The molecule has 2 aromatic rings. The fraction of sp³-hybridized carbons (Fsp3) is 0.500. The molecular formula is C16H16F3N3O3. The summed E-state index contributed by atoms with van der Waals surface area (Å²) in [7, 11) is 0. The van der Waals surface area contributed by atoms with Crippen LogP contribution in [0.3, 0.4) is 0 Å². The van der Waals surface area contributed by atoms with Crippen molar-refractivity contribution >= 4 is 16.9 Å². The summed E-state index contributed by atoms with van der Waals surface area (Å²) in [6, 6.07) is 3.67. The molecule has 3 aliphatic heterocycles. The van der Waals surface area contributed by atoms with E-state index in [1.54, 1.807) is 0 Å². The Kier molecular flexibility index (Phi) is 3.82. The summed E-state index contributed by atoms with van der Waals surface area (Å²) in [6.45, 7) is 2.79. The lowest BCUT2D eigenvalue weighted by Gasteiger charge is -2.43. The van der Waals surface area contributed by atoms with Crippen LogP contribution in [0.25, 0.3) is 10.9 Å². The molecule has 0 radical (unpaired) electrons. The minimum atomic E-state index is -4.77. The Morgan fingerprint density at radius 2 is 2.04 bits per heavy atom. The van der Waals surface area contributed by atoms with Crippen molar-refractivity contribution in [2.24, 2.45) is 5.92 Å². The van der Waals surface area contributed by atoms with Gasteiger partial charge in [-0.2, -0.15) is 5.10 Å². The Morgan fingerprint density at radius 1 is 1.28 bits per heavy atom. The van der Waals surface area contributed by atoms with Crippen molar-refractivity contribution < 1.29 is 27.4 Å². The molecule has 25 heavy (non-hydrogen) atoms. The molecule has 0 saturated carbocycles. The number of nitrogens with one attached hydrogen (secondary N) is 1. The number of piperidine rings is 3. The molecule has 3 fully saturated rings. The zero-order valence-corrected chi connectivity index (χ0v) is 13.2. The lowest BCUT2D eigenvalue weighted by atomic mass is 9.86. The van der Waals surface area contributed by atoms with Crippen LogP contribution in [-0.2, 0) is 4.74 Å². The van der Waals surface area contributed by atoms with Gasteiger partial charge in [0.1, 0.15) is 11.9 Å². The maximum atomic E-state index is 12.4. The molecule has 0 unspecified atom stereocenters. The number of hydrogen-bond acceptors (Lipinski definition) is 5. The summed E-state index contributed by atoms with van der Waals surface area (Å²) in [5.41, 5.74) is 0.354. The number of rotatable bonds is 3. The molecule has 2 bridgehead atoms. The third kappa shape index (κ3) is 3.28. The van der Waals surface area contributed by atoms with E-state index in [0.717, 1.165) is 44.6 Å². The molecular weight excluding hydrogens is 339 g/mol. The highest BCUT2D eigenvalue weighted by Gasteiger charge is 2.37. The van der Waals surface area contributed by atoms with E-state index in [4.69, 9.17) is 4.74 Å². The molecule has 3 aliphatic rings. The normalized spacial score (nSPS) is 26.0. The quantitative estimate of drug-likeness (QED) is 0.858. The molecule has 1 aromatic heterocycles. The highest BCUT2D eigenvalue weighted by molar-refractivity contribution is 6.02. The second kappa shape index (κ2) is 5.91. The van der Waals surface area contributed by atoms with Crippen LogP contribution >= 0.6 is 0 Å². The minimum Gasteiger partial charge on any atom is -0.456 e. The van der Waals surface area contributed by atoms with Crippen molar-refractivity contribution in [2.45, 2.75) is 25.3 Å². The van der Waals surface area contributed by atoms with Crippen LogP contribution in [0, 0.1) is 5.92 Å². The molecule has 6 nitrogen and oxygen atoms in total. The second-order valence-electron chi connectivity index (χ2n) is 6.41. The predicted molar refractivity (Wildman–Crippen MR) is 81.1 cm³/mol. The van der Waals surface area contributed by atoms with Crippen LogP contribution in [0.4, 0.5) is 13.2 Å². The van der Waals surface area contributed by atoms with Crippen LogP contribution in [0.15, 0.2) is 18.2 Å². The van der Waals surface area contributed by atoms with E-state index < -0.39 is 12.3 Å². The van der Waals surface area contributed by atoms with Gasteiger partial charge in [0.25, 0.3) is 0 Å². The number of halogens is 3. The Bertz CT molecular complexity index is 797. The number of ether oxygens (including phenoxy) is 2. The Labute approximate surface area is 140 Å². The van der Waals surface area contributed by atoms with Crippen molar-refractivity contribution in [2.75, 3.05) is 19.6 Å². The lowest BCUT2D eigenvalue weighted by Crippen LogP contribution is -2.51. The van der Waals surface area contributed by atoms with Gasteiger partial charge in [0.15, 0.2) is 5.69 Å². The molecule has 1 aromatic carbocycles. The minimum absolute atomic E-state index is 0.0741. The van der Waals surface area contributed by atoms with E-state index in [0.29, 0.717) is 11.3 Å². The zero-order valence-electron chi connectivity index (χ0n) is 13.2. The summed E-state index contributed by atoms with van der Waals surface area (Å²) in [6.07, 6.45) is -2.91. The third-order valence-electron chi connectivity index (χ3n) is 4.82. The molecule has 3 saturated heterocycles. The molecule has 1 N–H and O–H groups in total. The van der Waals surface area contributed by atoms with Gasteiger partial charge in [-0.25, -0.2) is 4.79 Å². The van der Waals surface area contributed by atoms with Crippen LogP contribution in [0.1, 0.15) is 23.3 Å². The number of carbonyl (C=O) groups is 1. The molecule has 1 atom stereocenters. The van der Waals surface area contributed by atoms with Gasteiger partial charge in [0.2, 0.25) is 0 Å². The molecule has 5 rings (SSSR count). The second-order valence-corrected chi connectivity index (χ2v) is 6.41. The first-order valence-electron chi connectivity index (χ1n) is 8.06. The summed E-state index contributed by atoms with van der Waals surface area (Å²) in [4.78, 5) is 14.7. The van der Waals surface area contributed by atoms with Crippen LogP contribution in [0.2, 0.25) is 0 Å². The number of aromatic amines is 1. The van der Waals surface area contributed by atoms with Gasteiger partial charge >= 0.3 is 12.3 Å². The summed E-state index contributed by atoms with van der Waals surface area (Å²) < 4.78 is 46.3. The average molecular weight is 355 g/mol. The van der Waals surface area contributed by atoms with Crippen LogP contribution < -0.4 is 4.74 Å². The number of nitrogens with zero attached hydrogens (tertiary/aromatic N) is 2. The smallest absolute Gasteiger partial charge is 0.456 e. The van der Waals surface area contributed by atoms with Gasteiger partial charge in [-0.05, 0) is 44.0 Å². The molecule has 4 heterocycles. The summed E-state index contributed by atoms with van der Waals surface area (Å²) in [5.74, 6) is -0.568. The topological polar surface area (TPSA) is 67.5 Å². The average Bonchev–Trinajstić information content (AvgIpc) is 2.97. The summed E-state index contributed by atoms with van der Waals surface area (Å²) >= 11 is 0. The number of benzene rings is 1. The third-order valence-corrected chi connectivity index (χ3v) is 4.82. The number of fused-ring (bicyclic) bond motifs is 4. The van der Waals surface area contributed by atoms with E-state index in [1.165, 1.54) is 6.07 Å². The molecule has 0 amide bonds. The van der Waals surface area contributed by atoms with E-state index in [9.17, 15) is 18.0 Å². The molecule has 9 heteroatoms. The van der Waals surface area contributed by atoms with Crippen molar-refractivity contribution in [3.05, 3.63) is 23.9 Å². The molecule has 0 spiro atoms. The largest absolute Gasteiger partial charge is 0.573 e. The van der Waals surface area contributed by atoms with Gasteiger partial charge in [-0.1, -0.05) is 0 Å². The Balaban J connectivity index is 1.52. The molecule has 134 valence electrons. The monoisotopic (exact) mass is 355 g/mol. The first-order valence-corrected chi connectivity index (χ1v) is 8.06. The molecule has 0 aliphatic carbocycles. The number of esters is 1.